The lowest BCUT2D eigenvalue weighted by Gasteiger charge is -2.39. The minimum atomic E-state index is -0.629. The molecule has 1 unspecified atom stereocenters. The van der Waals surface area contributed by atoms with Crippen molar-refractivity contribution in [1.82, 2.24) is 0 Å². The lowest BCUT2D eigenvalue weighted by molar-refractivity contribution is -0.146. The maximum absolute atomic E-state index is 13.3. The Morgan fingerprint density at radius 3 is 2.59 bits per heavy atom. The molecule has 1 heterocycles. The Hall–Kier alpha value is -2.43. The highest BCUT2D eigenvalue weighted by Gasteiger charge is 2.46. The molecule has 1 aromatic rings. The van der Waals surface area contributed by atoms with Crippen LogP contribution in [0, 0.1) is 11.3 Å². The molecule has 3 rings (SSSR count). The molecule has 1 aliphatic heterocycles. The van der Waals surface area contributed by atoms with E-state index in [4.69, 9.17) is 14.5 Å². The molecule has 1 aliphatic carbocycles. The highest BCUT2D eigenvalue weighted by molar-refractivity contribution is 6.09. The Balaban J connectivity index is 2.21. The van der Waals surface area contributed by atoms with Gasteiger partial charge in [0.05, 0.1) is 12.7 Å². The third-order valence-corrected chi connectivity index (χ3v) is 5.46. The van der Waals surface area contributed by atoms with Gasteiger partial charge in [-0.25, -0.2) is 0 Å². The maximum atomic E-state index is 13.3. The number of para-hydroxylation sites is 1. The number of benzene rings is 1. The summed E-state index contributed by atoms with van der Waals surface area (Å²) in [4.78, 5) is 31.0. The summed E-state index contributed by atoms with van der Waals surface area (Å²) in [6.45, 7) is 12.0. The molecule has 5 nitrogen and oxygen atoms in total. The number of allylic oxidation sites excluding steroid dienone is 2. The first kappa shape index (κ1) is 21.3. The normalized spacial score (nSPS) is 23.6. The molecule has 1 aromatic carbocycles. The van der Waals surface area contributed by atoms with Gasteiger partial charge in [0.2, 0.25) is 0 Å². The molecule has 5 heteroatoms. The van der Waals surface area contributed by atoms with Crippen LogP contribution in [-0.4, -0.2) is 30.2 Å². The summed E-state index contributed by atoms with van der Waals surface area (Å²) in [5, 5.41) is 0. The summed E-state index contributed by atoms with van der Waals surface area (Å²) in [7, 11) is 0. The van der Waals surface area contributed by atoms with Gasteiger partial charge >= 0.3 is 5.97 Å². The van der Waals surface area contributed by atoms with Gasteiger partial charge in [-0.2, -0.15) is 0 Å². The SMILES string of the molecule is CCOC(=O)C1C(C)=NC2=C(C(=O)CC(C)(C)C2)[C@H]1c1ccccc1OC(C)C. The van der Waals surface area contributed by atoms with E-state index >= 15 is 0 Å². The minimum absolute atomic E-state index is 0.0232. The fraction of sp³-hybridized carbons (Fsp3) is 0.542. The van der Waals surface area contributed by atoms with Crippen molar-refractivity contribution < 1.29 is 19.1 Å². The second-order valence-corrected chi connectivity index (χ2v) is 8.97. The zero-order valence-electron chi connectivity index (χ0n) is 18.2. The molecule has 2 aliphatic rings. The van der Waals surface area contributed by atoms with Crippen LogP contribution in [0.25, 0.3) is 0 Å². The Kier molecular flexibility index (Phi) is 5.97. The van der Waals surface area contributed by atoms with Crippen molar-refractivity contribution >= 4 is 17.5 Å². The number of rotatable bonds is 5. The van der Waals surface area contributed by atoms with Crippen LogP contribution in [0.4, 0.5) is 0 Å². The van der Waals surface area contributed by atoms with Gasteiger partial charge in [0.15, 0.2) is 5.78 Å². The van der Waals surface area contributed by atoms with Gasteiger partial charge in [-0.1, -0.05) is 32.0 Å². The van der Waals surface area contributed by atoms with Crippen LogP contribution >= 0.6 is 0 Å². The largest absolute Gasteiger partial charge is 0.491 e. The summed E-state index contributed by atoms with van der Waals surface area (Å²) in [6, 6.07) is 7.68. The van der Waals surface area contributed by atoms with E-state index in [0.29, 0.717) is 29.9 Å². The van der Waals surface area contributed by atoms with Crippen molar-refractivity contribution in [2.45, 2.75) is 66.4 Å². The molecule has 0 fully saturated rings. The topological polar surface area (TPSA) is 65.0 Å². The summed E-state index contributed by atoms with van der Waals surface area (Å²) in [5.74, 6) is -0.662. The standard InChI is InChI=1S/C24H31NO4/c1-7-28-23(27)20-15(4)25-17-12-24(5,6)13-18(26)22(17)21(20)16-10-8-9-11-19(16)29-14(2)3/h8-11,14,20-21H,7,12-13H2,1-6H3/t20?,21-/m0/s1. The van der Waals surface area contributed by atoms with Crippen molar-refractivity contribution in [1.29, 1.82) is 0 Å². The van der Waals surface area contributed by atoms with Crippen molar-refractivity contribution in [2.75, 3.05) is 6.61 Å². The summed E-state index contributed by atoms with van der Waals surface area (Å²) in [6.07, 6.45) is 1.13. The van der Waals surface area contributed by atoms with Crippen molar-refractivity contribution in [3.8, 4) is 5.75 Å². The molecule has 0 saturated heterocycles. The number of hydrogen-bond acceptors (Lipinski definition) is 5. The van der Waals surface area contributed by atoms with Crippen LogP contribution in [0.5, 0.6) is 5.75 Å². The van der Waals surface area contributed by atoms with Crippen LogP contribution in [0.2, 0.25) is 0 Å². The summed E-state index contributed by atoms with van der Waals surface area (Å²) >= 11 is 0. The van der Waals surface area contributed by atoms with Gasteiger partial charge in [-0.15, -0.1) is 0 Å². The van der Waals surface area contributed by atoms with Gasteiger partial charge in [0.1, 0.15) is 11.7 Å². The number of ketones is 1. The number of Topliss-reactive ketones (excluding diaryl/α,β-unsaturated/α-hetero) is 1. The smallest absolute Gasteiger partial charge is 0.315 e. The van der Waals surface area contributed by atoms with Crippen LogP contribution in [0.15, 0.2) is 40.5 Å². The van der Waals surface area contributed by atoms with E-state index in [0.717, 1.165) is 11.3 Å². The van der Waals surface area contributed by atoms with E-state index in [2.05, 4.69) is 13.8 Å². The predicted molar refractivity (Wildman–Crippen MR) is 113 cm³/mol. The third-order valence-electron chi connectivity index (χ3n) is 5.46. The maximum Gasteiger partial charge on any atom is 0.315 e. The van der Waals surface area contributed by atoms with Gasteiger partial charge < -0.3 is 9.47 Å². The number of nitrogens with zero attached hydrogens (tertiary/aromatic N) is 1. The van der Waals surface area contributed by atoms with Crippen molar-refractivity contribution in [2.24, 2.45) is 16.3 Å². The average molecular weight is 398 g/mol. The first-order chi connectivity index (χ1) is 13.6. The summed E-state index contributed by atoms with van der Waals surface area (Å²) in [5.41, 5.74) is 2.84. The Bertz CT molecular complexity index is 879. The summed E-state index contributed by atoms with van der Waals surface area (Å²) < 4.78 is 11.4. The van der Waals surface area contributed by atoms with Gasteiger partial charge in [-0.3, -0.25) is 14.6 Å². The number of carbonyl (C=O) groups excluding carboxylic acids is 2. The van der Waals surface area contributed by atoms with Crippen LogP contribution in [0.1, 0.15) is 65.9 Å². The fourth-order valence-corrected chi connectivity index (χ4v) is 4.42. The van der Waals surface area contributed by atoms with Crippen LogP contribution < -0.4 is 4.74 Å². The molecule has 2 atom stereocenters. The van der Waals surface area contributed by atoms with Gasteiger partial charge in [0, 0.05) is 34.9 Å². The molecular weight excluding hydrogens is 366 g/mol. The van der Waals surface area contributed by atoms with Crippen molar-refractivity contribution in [3.63, 3.8) is 0 Å². The van der Waals surface area contributed by atoms with Crippen LogP contribution in [0.3, 0.4) is 0 Å². The highest BCUT2D eigenvalue weighted by Crippen LogP contribution is 2.49. The predicted octanol–water partition coefficient (Wildman–Crippen LogP) is 4.85. The molecule has 0 N–H and O–H groups in total. The lowest BCUT2D eigenvalue weighted by atomic mass is 9.66. The van der Waals surface area contributed by atoms with E-state index in [1.807, 2.05) is 45.0 Å². The second-order valence-electron chi connectivity index (χ2n) is 8.97. The zero-order chi connectivity index (χ0) is 21.3. The van der Waals surface area contributed by atoms with E-state index in [9.17, 15) is 9.59 Å². The zero-order valence-corrected chi connectivity index (χ0v) is 18.2. The Morgan fingerprint density at radius 2 is 1.93 bits per heavy atom. The Morgan fingerprint density at radius 1 is 1.24 bits per heavy atom. The van der Waals surface area contributed by atoms with Gasteiger partial charge in [-0.05, 0) is 45.6 Å². The monoisotopic (exact) mass is 397 g/mol. The number of aliphatic imine (C=N–C) groups is 1. The van der Waals surface area contributed by atoms with Crippen LogP contribution in [-0.2, 0) is 14.3 Å². The quantitative estimate of drug-likeness (QED) is 0.666. The molecule has 0 amide bonds. The molecular formula is C24H31NO4. The fourth-order valence-electron chi connectivity index (χ4n) is 4.42. The molecule has 0 spiro atoms. The minimum Gasteiger partial charge on any atom is -0.491 e. The van der Waals surface area contributed by atoms with E-state index in [1.54, 1.807) is 6.92 Å². The first-order valence-corrected chi connectivity index (χ1v) is 10.4. The number of carbonyl (C=O) groups is 2. The highest BCUT2D eigenvalue weighted by atomic mass is 16.5. The van der Waals surface area contributed by atoms with E-state index < -0.39 is 11.8 Å². The second kappa shape index (κ2) is 8.13. The molecule has 0 saturated carbocycles. The van der Waals surface area contributed by atoms with E-state index in [1.165, 1.54) is 0 Å². The van der Waals surface area contributed by atoms with Gasteiger partial charge in [0.25, 0.3) is 0 Å². The first-order valence-electron chi connectivity index (χ1n) is 10.4. The van der Waals surface area contributed by atoms with Crippen molar-refractivity contribution in [3.05, 3.63) is 41.1 Å². The molecule has 0 bridgehead atoms. The number of ether oxygens (including phenoxy) is 2. The number of hydrogen-bond donors (Lipinski definition) is 0. The van der Waals surface area contributed by atoms with E-state index in [-0.39, 0.29) is 29.9 Å². The molecule has 29 heavy (non-hydrogen) atoms. The number of esters is 1. The molecule has 0 aromatic heterocycles. The third kappa shape index (κ3) is 4.29. The molecule has 156 valence electrons. The average Bonchev–Trinajstić information content (AvgIpc) is 2.59. The Labute approximate surface area is 173 Å². The molecule has 0 radical (unpaired) electrons. The lowest BCUT2D eigenvalue weighted by Crippen LogP contribution is -2.39.